The van der Waals surface area contributed by atoms with Gasteiger partial charge in [-0.3, -0.25) is 9.78 Å². The van der Waals surface area contributed by atoms with Gasteiger partial charge in [0.2, 0.25) is 0 Å². The highest BCUT2D eigenvalue weighted by Gasteiger charge is 2.22. The van der Waals surface area contributed by atoms with Crippen molar-refractivity contribution in [1.82, 2.24) is 24.8 Å². The van der Waals surface area contributed by atoms with Gasteiger partial charge in [0.25, 0.3) is 5.91 Å². The molecule has 1 amide bonds. The zero-order valence-electron chi connectivity index (χ0n) is 14.6. The second-order valence-electron chi connectivity index (χ2n) is 6.58. The molecule has 0 bridgehead atoms. The van der Waals surface area contributed by atoms with Crippen LogP contribution in [-0.4, -0.2) is 43.8 Å². The molecule has 1 aliphatic rings. The van der Waals surface area contributed by atoms with Gasteiger partial charge in [0.15, 0.2) is 0 Å². The molecular formula is C21H17N5O. The van der Waals surface area contributed by atoms with Gasteiger partial charge in [-0.15, -0.1) is 0 Å². The summed E-state index contributed by atoms with van der Waals surface area (Å²) in [5.41, 5.74) is 5.21. The Hall–Kier alpha value is -3.54. The van der Waals surface area contributed by atoms with Gasteiger partial charge in [0.1, 0.15) is 11.3 Å². The maximum absolute atomic E-state index is 12.8. The van der Waals surface area contributed by atoms with E-state index in [4.69, 9.17) is 0 Å². The summed E-state index contributed by atoms with van der Waals surface area (Å²) in [4.78, 5) is 31.0. The number of aromatic amines is 1. The maximum Gasteiger partial charge on any atom is 0.274 e. The average molecular weight is 355 g/mol. The number of hydrogen-bond acceptors (Lipinski definition) is 4. The van der Waals surface area contributed by atoms with E-state index in [-0.39, 0.29) is 5.91 Å². The largest absolute Gasteiger partial charge is 0.346 e. The summed E-state index contributed by atoms with van der Waals surface area (Å²) in [6.45, 7) is 1.22. The summed E-state index contributed by atoms with van der Waals surface area (Å²) in [6, 6.07) is 11.6. The van der Waals surface area contributed by atoms with Crippen LogP contribution in [0.15, 0.2) is 61.1 Å². The van der Waals surface area contributed by atoms with Crippen LogP contribution in [0.2, 0.25) is 0 Å². The van der Waals surface area contributed by atoms with E-state index in [0.29, 0.717) is 18.8 Å². The van der Waals surface area contributed by atoms with Crippen molar-refractivity contribution in [2.24, 2.45) is 0 Å². The Morgan fingerprint density at radius 2 is 1.96 bits per heavy atom. The first-order chi connectivity index (χ1) is 13.3. The van der Waals surface area contributed by atoms with Crippen molar-refractivity contribution >= 4 is 33.5 Å². The zero-order chi connectivity index (χ0) is 18.2. The molecule has 0 saturated carbocycles. The molecule has 1 aliphatic heterocycles. The normalized spacial score (nSPS) is 14.5. The van der Waals surface area contributed by atoms with E-state index in [9.17, 15) is 4.79 Å². The molecule has 0 saturated heterocycles. The number of H-pyrrole nitrogens is 1. The van der Waals surface area contributed by atoms with Gasteiger partial charge in [-0.1, -0.05) is 18.2 Å². The molecule has 3 aromatic heterocycles. The third-order valence-electron chi connectivity index (χ3n) is 4.96. The molecule has 1 aromatic carbocycles. The number of carbonyl (C=O) groups excluding carboxylic acids is 1. The van der Waals surface area contributed by atoms with E-state index in [0.717, 1.165) is 34.1 Å². The molecule has 5 rings (SSSR count). The molecule has 0 radical (unpaired) electrons. The summed E-state index contributed by atoms with van der Waals surface area (Å²) in [7, 11) is 0. The minimum Gasteiger partial charge on any atom is -0.346 e. The molecule has 0 spiro atoms. The quantitative estimate of drug-likeness (QED) is 0.598. The van der Waals surface area contributed by atoms with Crippen molar-refractivity contribution in [1.29, 1.82) is 0 Å². The van der Waals surface area contributed by atoms with Crippen LogP contribution >= 0.6 is 0 Å². The first-order valence-corrected chi connectivity index (χ1v) is 8.92. The molecule has 4 heterocycles. The number of fused-ring (bicyclic) bond motifs is 2. The first-order valence-electron chi connectivity index (χ1n) is 8.92. The number of benzene rings is 1. The fourth-order valence-electron chi connectivity index (χ4n) is 3.54. The number of amides is 1. The number of aromatic nitrogens is 4. The number of hydrogen-bond donors (Lipinski definition) is 1. The minimum absolute atomic E-state index is 0.0795. The van der Waals surface area contributed by atoms with E-state index in [1.54, 1.807) is 12.4 Å². The van der Waals surface area contributed by atoms with Gasteiger partial charge in [-0.25, -0.2) is 9.97 Å². The molecule has 27 heavy (non-hydrogen) atoms. The Kier molecular flexibility index (Phi) is 3.67. The monoisotopic (exact) mass is 355 g/mol. The molecule has 1 N–H and O–H groups in total. The molecule has 132 valence electrons. The van der Waals surface area contributed by atoms with E-state index < -0.39 is 0 Å². The predicted octanol–water partition coefficient (Wildman–Crippen LogP) is 3.44. The Morgan fingerprint density at radius 3 is 2.81 bits per heavy atom. The molecular weight excluding hydrogens is 338 g/mol. The zero-order valence-corrected chi connectivity index (χ0v) is 14.6. The van der Waals surface area contributed by atoms with Gasteiger partial charge in [0, 0.05) is 36.4 Å². The number of carbonyl (C=O) groups is 1. The van der Waals surface area contributed by atoms with E-state index in [2.05, 4.69) is 32.1 Å². The van der Waals surface area contributed by atoms with Crippen LogP contribution in [0, 0.1) is 0 Å². The molecule has 0 atom stereocenters. The lowest BCUT2D eigenvalue weighted by Crippen LogP contribution is -2.35. The number of nitrogens with one attached hydrogen (secondary N) is 1. The van der Waals surface area contributed by atoms with E-state index >= 15 is 0 Å². The SMILES string of the molecule is O=C(c1cnc2ccccc2n1)N1CC=C(c2c[nH]c3ncccc23)CC1. The smallest absolute Gasteiger partial charge is 0.274 e. The highest BCUT2D eigenvalue weighted by molar-refractivity contribution is 5.95. The molecule has 0 aliphatic carbocycles. The van der Waals surface area contributed by atoms with Crippen molar-refractivity contribution < 1.29 is 4.79 Å². The van der Waals surface area contributed by atoms with E-state index in [1.807, 2.05) is 41.4 Å². The Bertz CT molecular complexity index is 1190. The lowest BCUT2D eigenvalue weighted by molar-refractivity contribution is 0.0767. The van der Waals surface area contributed by atoms with Crippen LogP contribution in [0.3, 0.4) is 0 Å². The van der Waals surface area contributed by atoms with Crippen molar-refractivity contribution in [3.8, 4) is 0 Å². The Morgan fingerprint density at radius 1 is 1.07 bits per heavy atom. The van der Waals surface area contributed by atoms with E-state index in [1.165, 1.54) is 5.57 Å². The second-order valence-corrected chi connectivity index (χ2v) is 6.58. The Balaban J connectivity index is 1.39. The highest BCUT2D eigenvalue weighted by Crippen LogP contribution is 2.28. The lowest BCUT2D eigenvalue weighted by Gasteiger charge is -2.26. The third-order valence-corrected chi connectivity index (χ3v) is 4.96. The lowest BCUT2D eigenvalue weighted by atomic mass is 9.99. The van der Waals surface area contributed by atoms with Gasteiger partial charge in [-0.05, 0) is 36.3 Å². The maximum atomic E-state index is 12.8. The number of pyridine rings is 1. The molecule has 0 unspecified atom stereocenters. The number of rotatable bonds is 2. The van der Waals surface area contributed by atoms with Crippen molar-refractivity contribution in [2.45, 2.75) is 6.42 Å². The summed E-state index contributed by atoms with van der Waals surface area (Å²) in [5, 5.41) is 1.11. The standard InChI is InChI=1S/C21H17N5O/c27-21(19-13-23-17-5-1-2-6-18(17)25-19)26-10-7-14(8-11-26)16-12-24-20-15(16)4-3-9-22-20/h1-7,9,12-13H,8,10-11H2,(H,22,24). The summed E-state index contributed by atoms with van der Waals surface area (Å²) >= 11 is 0. The van der Waals surface area contributed by atoms with Crippen LogP contribution < -0.4 is 0 Å². The third kappa shape index (κ3) is 2.75. The molecule has 4 aromatic rings. The Labute approximate surface area is 155 Å². The van der Waals surface area contributed by atoms with Crippen molar-refractivity contribution in [3.05, 3.63) is 72.3 Å². The number of para-hydroxylation sites is 2. The second kappa shape index (κ2) is 6.32. The van der Waals surface area contributed by atoms with Crippen LogP contribution in [-0.2, 0) is 0 Å². The fourth-order valence-corrected chi connectivity index (χ4v) is 3.54. The van der Waals surface area contributed by atoms with Crippen LogP contribution in [0.25, 0.3) is 27.6 Å². The van der Waals surface area contributed by atoms with Crippen molar-refractivity contribution in [2.75, 3.05) is 13.1 Å². The van der Waals surface area contributed by atoms with Gasteiger partial charge < -0.3 is 9.88 Å². The molecule has 0 fully saturated rings. The summed E-state index contributed by atoms with van der Waals surface area (Å²) in [6.07, 6.45) is 8.26. The minimum atomic E-state index is -0.0795. The summed E-state index contributed by atoms with van der Waals surface area (Å²) in [5.74, 6) is -0.0795. The average Bonchev–Trinajstić information content (AvgIpc) is 3.17. The highest BCUT2D eigenvalue weighted by atomic mass is 16.2. The summed E-state index contributed by atoms with van der Waals surface area (Å²) < 4.78 is 0. The first kappa shape index (κ1) is 15.7. The topological polar surface area (TPSA) is 74.8 Å². The predicted molar refractivity (Wildman–Crippen MR) is 104 cm³/mol. The van der Waals surface area contributed by atoms with Crippen molar-refractivity contribution in [3.63, 3.8) is 0 Å². The molecule has 6 nitrogen and oxygen atoms in total. The van der Waals surface area contributed by atoms with Gasteiger partial charge in [0.05, 0.1) is 17.2 Å². The van der Waals surface area contributed by atoms with Gasteiger partial charge >= 0.3 is 0 Å². The van der Waals surface area contributed by atoms with Crippen LogP contribution in [0.4, 0.5) is 0 Å². The van der Waals surface area contributed by atoms with Crippen LogP contribution in [0.1, 0.15) is 22.5 Å². The molecule has 6 heteroatoms. The van der Waals surface area contributed by atoms with Crippen LogP contribution in [0.5, 0.6) is 0 Å². The fraction of sp³-hybridized carbons (Fsp3) is 0.143. The van der Waals surface area contributed by atoms with Gasteiger partial charge in [-0.2, -0.15) is 0 Å². The number of nitrogens with zero attached hydrogens (tertiary/aromatic N) is 4.